The molecule has 1 N–H and O–H groups in total. The second-order valence-corrected chi connectivity index (χ2v) is 11.6. The Labute approximate surface area is 218 Å². The van der Waals surface area contributed by atoms with E-state index in [1.165, 1.54) is 4.90 Å². The third-order valence-corrected chi connectivity index (χ3v) is 8.02. The van der Waals surface area contributed by atoms with E-state index in [1.54, 1.807) is 18.2 Å². The third kappa shape index (κ3) is 6.54. The summed E-state index contributed by atoms with van der Waals surface area (Å²) in [6.45, 7) is 3.63. The summed E-state index contributed by atoms with van der Waals surface area (Å²) in [6, 6.07) is 11.9. The van der Waals surface area contributed by atoms with Gasteiger partial charge in [0.05, 0.1) is 11.9 Å². The van der Waals surface area contributed by atoms with Crippen LogP contribution in [0.3, 0.4) is 0 Å². The minimum Gasteiger partial charge on any atom is -0.454 e. The number of benzene rings is 2. The number of carbonyl (C=O) groups excluding carboxylic acids is 2. The fourth-order valence-corrected chi connectivity index (χ4v) is 5.67. The summed E-state index contributed by atoms with van der Waals surface area (Å²) in [6.07, 6.45) is 5.47. The molecule has 2 amide bonds. The van der Waals surface area contributed by atoms with Gasteiger partial charge in [-0.2, -0.15) is 0 Å². The first-order valence-electron chi connectivity index (χ1n) is 12.7. The van der Waals surface area contributed by atoms with E-state index in [0.717, 1.165) is 47.4 Å². The standard InChI is InChI=1S/C27H35N3O6S/c1-4-23(27(32)28-21-7-5-6-8-21)29(16-20-11-9-19(2)10-12-20)26(31)17-30(37(3,33)34)22-13-14-24-25(15-22)36-18-35-24/h9-15,21,23H,4-8,16-18H2,1-3H3,(H,28,32). The highest BCUT2D eigenvalue weighted by atomic mass is 32.2. The van der Waals surface area contributed by atoms with Crippen molar-refractivity contribution in [3.8, 4) is 11.5 Å². The first-order chi connectivity index (χ1) is 17.7. The summed E-state index contributed by atoms with van der Waals surface area (Å²) in [5, 5.41) is 3.11. The van der Waals surface area contributed by atoms with E-state index in [1.807, 2.05) is 38.1 Å². The molecule has 200 valence electrons. The first kappa shape index (κ1) is 26.8. The van der Waals surface area contributed by atoms with Crippen molar-refractivity contribution in [1.82, 2.24) is 10.2 Å². The van der Waals surface area contributed by atoms with Crippen molar-refractivity contribution in [2.75, 3.05) is 23.9 Å². The van der Waals surface area contributed by atoms with E-state index < -0.39 is 28.5 Å². The van der Waals surface area contributed by atoms with Crippen LogP contribution in [0.5, 0.6) is 11.5 Å². The van der Waals surface area contributed by atoms with Crippen molar-refractivity contribution in [1.29, 1.82) is 0 Å². The number of amides is 2. The Kier molecular flexibility index (Phi) is 8.26. The zero-order valence-electron chi connectivity index (χ0n) is 21.6. The summed E-state index contributed by atoms with van der Waals surface area (Å²) in [7, 11) is -3.82. The average molecular weight is 530 g/mol. The predicted molar refractivity (Wildman–Crippen MR) is 141 cm³/mol. The highest BCUT2D eigenvalue weighted by Gasteiger charge is 2.33. The summed E-state index contributed by atoms with van der Waals surface area (Å²) in [4.78, 5) is 28.6. The highest BCUT2D eigenvalue weighted by molar-refractivity contribution is 7.92. The van der Waals surface area contributed by atoms with Crippen LogP contribution in [0.4, 0.5) is 5.69 Å². The lowest BCUT2D eigenvalue weighted by molar-refractivity contribution is -0.140. The number of nitrogens with zero attached hydrogens (tertiary/aromatic N) is 2. The fourth-order valence-electron chi connectivity index (χ4n) is 4.83. The van der Waals surface area contributed by atoms with Gasteiger partial charge in [-0.3, -0.25) is 13.9 Å². The SMILES string of the molecule is CCC(C(=O)NC1CCCC1)N(Cc1ccc(C)cc1)C(=O)CN(c1ccc2c(c1)OCO2)S(C)(=O)=O. The third-order valence-electron chi connectivity index (χ3n) is 6.88. The van der Waals surface area contributed by atoms with Gasteiger partial charge in [-0.15, -0.1) is 0 Å². The zero-order valence-corrected chi connectivity index (χ0v) is 22.4. The lowest BCUT2D eigenvalue weighted by atomic mass is 10.1. The van der Waals surface area contributed by atoms with Gasteiger partial charge in [0.25, 0.3) is 0 Å². The van der Waals surface area contributed by atoms with Crippen LogP contribution in [0.2, 0.25) is 0 Å². The molecule has 1 heterocycles. The van der Waals surface area contributed by atoms with Crippen LogP contribution >= 0.6 is 0 Å². The molecule has 4 rings (SSSR count). The minimum atomic E-state index is -3.82. The molecular formula is C27H35N3O6S. The molecule has 1 aliphatic carbocycles. The number of hydrogen-bond donors (Lipinski definition) is 1. The van der Waals surface area contributed by atoms with Gasteiger partial charge in [-0.05, 0) is 43.9 Å². The molecule has 1 unspecified atom stereocenters. The largest absolute Gasteiger partial charge is 0.454 e. The Bertz CT molecular complexity index is 1230. The first-order valence-corrected chi connectivity index (χ1v) is 14.5. The monoisotopic (exact) mass is 529 g/mol. The number of nitrogens with one attached hydrogen (secondary N) is 1. The van der Waals surface area contributed by atoms with Gasteiger partial charge in [0.2, 0.25) is 28.6 Å². The second-order valence-electron chi connectivity index (χ2n) is 9.73. The molecule has 0 saturated heterocycles. The van der Waals surface area contributed by atoms with Gasteiger partial charge in [0, 0.05) is 18.7 Å². The normalized spacial score (nSPS) is 15.9. The van der Waals surface area contributed by atoms with Crippen molar-refractivity contribution in [2.24, 2.45) is 0 Å². The Morgan fingerprint density at radius 2 is 1.73 bits per heavy atom. The van der Waals surface area contributed by atoms with Crippen molar-refractivity contribution in [3.05, 3.63) is 53.6 Å². The van der Waals surface area contributed by atoms with E-state index in [-0.39, 0.29) is 25.3 Å². The molecule has 1 atom stereocenters. The Morgan fingerprint density at radius 3 is 2.38 bits per heavy atom. The number of ether oxygens (including phenoxy) is 2. The van der Waals surface area contributed by atoms with Crippen LogP contribution in [0, 0.1) is 6.92 Å². The van der Waals surface area contributed by atoms with E-state index >= 15 is 0 Å². The lowest BCUT2D eigenvalue weighted by Crippen LogP contribution is -2.53. The second kappa shape index (κ2) is 11.4. The molecule has 37 heavy (non-hydrogen) atoms. The van der Waals surface area contributed by atoms with Crippen LogP contribution < -0.4 is 19.1 Å². The van der Waals surface area contributed by atoms with Crippen molar-refractivity contribution < 1.29 is 27.5 Å². The van der Waals surface area contributed by atoms with Crippen molar-refractivity contribution in [3.63, 3.8) is 0 Å². The number of sulfonamides is 1. The molecule has 10 heteroatoms. The van der Waals surface area contributed by atoms with E-state index in [0.29, 0.717) is 23.6 Å². The zero-order chi connectivity index (χ0) is 26.6. The molecule has 1 saturated carbocycles. The van der Waals surface area contributed by atoms with E-state index in [9.17, 15) is 18.0 Å². The van der Waals surface area contributed by atoms with Gasteiger partial charge < -0.3 is 19.7 Å². The summed E-state index contributed by atoms with van der Waals surface area (Å²) in [5.74, 6) is 0.262. The number of carbonyl (C=O) groups is 2. The topological polar surface area (TPSA) is 105 Å². The summed E-state index contributed by atoms with van der Waals surface area (Å²) >= 11 is 0. The average Bonchev–Trinajstić information content (AvgIpc) is 3.54. The fraction of sp³-hybridized carbons (Fsp3) is 0.481. The van der Waals surface area contributed by atoms with E-state index in [4.69, 9.17) is 9.47 Å². The van der Waals surface area contributed by atoms with Crippen molar-refractivity contribution >= 4 is 27.5 Å². The van der Waals surface area contributed by atoms with Gasteiger partial charge in [0.1, 0.15) is 12.6 Å². The van der Waals surface area contributed by atoms with Crippen LogP contribution in [0.25, 0.3) is 0 Å². The van der Waals surface area contributed by atoms with Crippen molar-refractivity contribution in [2.45, 2.75) is 64.6 Å². The highest BCUT2D eigenvalue weighted by Crippen LogP contribution is 2.36. The molecule has 1 aliphatic heterocycles. The number of aryl methyl sites for hydroxylation is 1. The molecule has 2 aliphatic rings. The maximum atomic E-state index is 13.8. The Balaban J connectivity index is 1.62. The molecule has 0 spiro atoms. The molecule has 2 aromatic rings. The molecule has 1 fully saturated rings. The van der Waals surface area contributed by atoms with Crippen LogP contribution in [-0.4, -0.2) is 56.8 Å². The molecule has 0 bridgehead atoms. The predicted octanol–water partition coefficient (Wildman–Crippen LogP) is 3.36. The molecule has 0 radical (unpaired) electrons. The Hall–Kier alpha value is -3.27. The van der Waals surface area contributed by atoms with Gasteiger partial charge in [-0.1, -0.05) is 49.6 Å². The quantitative estimate of drug-likeness (QED) is 0.506. The van der Waals surface area contributed by atoms with Crippen LogP contribution in [0.15, 0.2) is 42.5 Å². The van der Waals surface area contributed by atoms with Crippen LogP contribution in [0.1, 0.15) is 50.2 Å². The molecular weight excluding hydrogens is 494 g/mol. The number of anilines is 1. The summed E-state index contributed by atoms with van der Waals surface area (Å²) in [5.41, 5.74) is 2.23. The molecule has 2 aromatic carbocycles. The van der Waals surface area contributed by atoms with Gasteiger partial charge >= 0.3 is 0 Å². The maximum Gasteiger partial charge on any atom is 0.244 e. The lowest BCUT2D eigenvalue weighted by Gasteiger charge is -2.33. The number of fused-ring (bicyclic) bond motifs is 1. The number of rotatable bonds is 10. The molecule has 9 nitrogen and oxygen atoms in total. The van der Waals surface area contributed by atoms with Gasteiger partial charge in [0.15, 0.2) is 11.5 Å². The smallest absolute Gasteiger partial charge is 0.244 e. The number of hydrogen-bond acceptors (Lipinski definition) is 6. The van der Waals surface area contributed by atoms with E-state index in [2.05, 4.69) is 5.32 Å². The summed E-state index contributed by atoms with van der Waals surface area (Å²) < 4.78 is 37.4. The van der Waals surface area contributed by atoms with Crippen LogP contribution in [-0.2, 0) is 26.2 Å². The minimum absolute atomic E-state index is 0.0508. The van der Waals surface area contributed by atoms with Gasteiger partial charge in [-0.25, -0.2) is 8.42 Å². The Morgan fingerprint density at radius 1 is 1.05 bits per heavy atom. The maximum absolute atomic E-state index is 13.8. The molecule has 0 aromatic heterocycles.